The maximum Gasteiger partial charge on any atom is 0.309 e. The van der Waals surface area contributed by atoms with Crippen molar-refractivity contribution >= 4 is 34.8 Å². The second-order valence-electron chi connectivity index (χ2n) is 11.9. The topological polar surface area (TPSA) is 155 Å². The van der Waals surface area contributed by atoms with Gasteiger partial charge in [0.25, 0.3) is 5.91 Å². The quantitative estimate of drug-likeness (QED) is 0.395. The van der Waals surface area contributed by atoms with Gasteiger partial charge < -0.3 is 24.6 Å². The van der Waals surface area contributed by atoms with Crippen LogP contribution in [0.15, 0.2) is 6.33 Å². The zero-order chi connectivity index (χ0) is 28.8. The molecule has 2 aliphatic carbocycles. The fourth-order valence-electron chi connectivity index (χ4n) is 6.92. The van der Waals surface area contributed by atoms with E-state index in [0.717, 1.165) is 25.7 Å². The zero-order valence-corrected chi connectivity index (χ0v) is 23.1. The monoisotopic (exact) mass is 565 g/mol. The minimum atomic E-state index is -1.52. The first kappa shape index (κ1) is 27.6. The third-order valence-corrected chi connectivity index (χ3v) is 9.33. The summed E-state index contributed by atoms with van der Waals surface area (Å²) in [6.07, 6.45) is 14.2. The van der Waals surface area contributed by atoms with Crippen molar-refractivity contribution in [3.05, 3.63) is 12.2 Å². The van der Waals surface area contributed by atoms with E-state index in [1.807, 2.05) is 0 Å². The Bertz CT molecular complexity index is 1400. The highest BCUT2D eigenvalue weighted by atomic mass is 16.6. The average Bonchev–Trinajstić information content (AvgIpc) is 3.76. The molecule has 0 radical (unpaired) electrons. The van der Waals surface area contributed by atoms with Crippen LogP contribution in [0.2, 0.25) is 0 Å². The van der Waals surface area contributed by atoms with Crippen molar-refractivity contribution < 1.29 is 33.7 Å². The van der Waals surface area contributed by atoms with Crippen LogP contribution in [0.4, 0.5) is 5.82 Å². The molecule has 1 amide bonds. The lowest BCUT2D eigenvalue weighted by Crippen LogP contribution is -2.45. The smallest absolute Gasteiger partial charge is 0.309 e. The number of aromatic nitrogens is 4. The van der Waals surface area contributed by atoms with Gasteiger partial charge >= 0.3 is 11.9 Å². The highest BCUT2D eigenvalue weighted by Crippen LogP contribution is 2.50. The van der Waals surface area contributed by atoms with Gasteiger partial charge in [0, 0.05) is 19.3 Å². The average molecular weight is 566 g/mol. The Hall–Kier alpha value is -3.56. The SMILES string of the molecule is C#C[C@]1(CO)O[C@@H](n2cnc3c(NC(=O)[C@H]4CCC(=O)O4)nc(C)nc32)C[C@@H]1OC(=O)C1CCC2(CCCC2)CC1. The number of imidazole rings is 1. The Labute approximate surface area is 237 Å². The van der Waals surface area contributed by atoms with E-state index in [0.29, 0.717) is 28.8 Å². The second-order valence-corrected chi connectivity index (χ2v) is 11.9. The molecule has 0 bridgehead atoms. The Morgan fingerprint density at radius 1 is 1.22 bits per heavy atom. The van der Waals surface area contributed by atoms with Gasteiger partial charge in [-0.2, -0.15) is 0 Å². The number of hydrogen-bond acceptors (Lipinski definition) is 10. The molecule has 1 spiro atoms. The Balaban J connectivity index is 1.19. The molecular formula is C29H35N5O7. The first-order chi connectivity index (χ1) is 19.7. The van der Waals surface area contributed by atoms with Gasteiger partial charge in [0.05, 0.1) is 18.9 Å². The third-order valence-electron chi connectivity index (χ3n) is 9.33. The summed E-state index contributed by atoms with van der Waals surface area (Å²) in [5.74, 6) is 1.66. The summed E-state index contributed by atoms with van der Waals surface area (Å²) < 4.78 is 18.9. The lowest BCUT2D eigenvalue weighted by atomic mass is 9.69. The third kappa shape index (κ3) is 5.06. The Morgan fingerprint density at radius 3 is 2.63 bits per heavy atom. The molecule has 2 aromatic heterocycles. The molecule has 2 N–H and O–H groups in total. The van der Waals surface area contributed by atoms with Crippen LogP contribution in [0.5, 0.6) is 0 Å². The van der Waals surface area contributed by atoms with Crippen molar-refractivity contribution in [3.8, 4) is 12.3 Å². The van der Waals surface area contributed by atoms with Gasteiger partial charge in [-0.3, -0.25) is 19.0 Å². The molecule has 4 fully saturated rings. The van der Waals surface area contributed by atoms with Gasteiger partial charge in [0.1, 0.15) is 18.2 Å². The Morgan fingerprint density at radius 2 is 1.98 bits per heavy atom. The van der Waals surface area contributed by atoms with Crippen LogP contribution >= 0.6 is 0 Å². The normalized spacial score (nSPS) is 29.5. The highest BCUT2D eigenvalue weighted by molar-refractivity contribution is 6.00. The number of hydrogen-bond donors (Lipinski definition) is 2. The Kier molecular flexibility index (Phi) is 7.20. The van der Waals surface area contributed by atoms with Crippen molar-refractivity contribution in [1.29, 1.82) is 0 Å². The predicted molar refractivity (Wildman–Crippen MR) is 144 cm³/mol. The van der Waals surface area contributed by atoms with Crippen LogP contribution in [0.25, 0.3) is 11.2 Å². The van der Waals surface area contributed by atoms with Crippen molar-refractivity contribution in [2.75, 3.05) is 11.9 Å². The summed E-state index contributed by atoms with van der Waals surface area (Å²) in [7, 11) is 0. The summed E-state index contributed by atoms with van der Waals surface area (Å²) in [5, 5.41) is 13.0. The molecule has 2 aliphatic heterocycles. The van der Waals surface area contributed by atoms with E-state index in [-0.39, 0.29) is 30.5 Å². The number of carbonyl (C=O) groups is 3. The molecule has 0 aromatic carbocycles. The number of rotatable bonds is 6. The van der Waals surface area contributed by atoms with E-state index in [2.05, 4.69) is 26.2 Å². The van der Waals surface area contributed by atoms with E-state index < -0.39 is 42.5 Å². The molecule has 4 atom stereocenters. The zero-order valence-electron chi connectivity index (χ0n) is 23.1. The number of ether oxygens (including phenoxy) is 3. The minimum Gasteiger partial charge on any atom is -0.458 e. The second kappa shape index (κ2) is 10.7. The summed E-state index contributed by atoms with van der Waals surface area (Å²) in [6.45, 7) is 1.13. The van der Waals surface area contributed by atoms with Gasteiger partial charge in [0.2, 0.25) is 0 Å². The number of aliphatic hydroxyl groups is 1. The highest BCUT2D eigenvalue weighted by Gasteiger charge is 2.52. The van der Waals surface area contributed by atoms with Gasteiger partial charge in [-0.05, 0) is 50.9 Å². The molecule has 2 saturated carbocycles. The van der Waals surface area contributed by atoms with Gasteiger partial charge in [0.15, 0.2) is 28.7 Å². The van der Waals surface area contributed by atoms with Crippen molar-refractivity contribution in [1.82, 2.24) is 19.5 Å². The standard InChI is InChI=1S/C29H35N5O7/c1-3-29(15-35)20(40-27(38)18-8-12-28(13-9-18)10-4-5-11-28)14-21(41-29)34-16-30-23-24(31-17(2)32-25(23)34)33-26(37)19-6-7-22(36)39-19/h1,16,18-21,35H,4-15H2,2H3,(H,31,32,33,37)/t19-,20+,21-,29-/m1/s1. The molecule has 6 rings (SSSR count). The first-order valence-electron chi connectivity index (χ1n) is 14.4. The maximum absolute atomic E-state index is 13.3. The van der Waals surface area contributed by atoms with Crippen molar-refractivity contribution in [3.63, 3.8) is 0 Å². The minimum absolute atomic E-state index is 0.169. The summed E-state index contributed by atoms with van der Waals surface area (Å²) in [6, 6.07) is 0. The number of terminal acetylenes is 1. The van der Waals surface area contributed by atoms with E-state index in [1.54, 1.807) is 11.5 Å². The molecule has 12 nitrogen and oxygen atoms in total. The van der Waals surface area contributed by atoms with Crippen LogP contribution in [0.1, 0.15) is 82.7 Å². The molecule has 41 heavy (non-hydrogen) atoms. The molecule has 0 unspecified atom stereocenters. The van der Waals surface area contributed by atoms with E-state index in [4.69, 9.17) is 20.6 Å². The van der Waals surface area contributed by atoms with E-state index >= 15 is 0 Å². The molecular weight excluding hydrogens is 530 g/mol. The number of esters is 2. The number of aryl methyl sites for hydroxylation is 1. The van der Waals surface area contributed by atoms with Crippen LogP contribution in [-0.2, 0) is 28.6 Å². The van der Waals surface area contributed by atoms with Crippen LogP contribution in [-0.4, -0.2) is 66.9 Å². The van der Waals surface area contributed by atoms with E-state index in [9.17, 15) is 19.5 Å². The van der Waals surface area contributed by atoms with Crippen molar-refractivity contribution in [2.24, 2.45) is 11.3 Å². The molecule has 218 valence electrons. The fraction of sp³-hybridized carbons (Fsp3) is 0.655. The largest absolute Gasteiger partial charge is 0.458 e. The first-order valence-corrected chi connectivity index (χ1v) is 14.4. The molecule has 12 heteroatoms. The maximum atomic E-state index is 13.3. The molecule has 2 aromatic rings. The molecule has 4 aliphatic rings. The number of carbonyl (C=O) groups excluding carboxylic acids is 3. The fourth-order valence-corrected chi connectivity index (χ4v) is 6.92. The number of anilines is 1. The number of aliphatic hydroxyl groups excluding tert-OH is 1. The number of nitrogens with zero attached hydrogens (tertiary/aromatic N) is 4. The summed E-state index contributed by atoms with van der Waals surface area (Å²) >= 11 is 0. The van der Waals surface area contributed by atoms with Gasteiger partial charge in [-0.25, -0.2) is 15.0 Å². The number of fused-ring (bicyclic) bond motifs is 1. The van der Waals surface area contributed by atoms with Crippen molar-refractivity contribution in [2.45, 2.75) is 102 Å². The van der Waals surface area contributed by atoms with Gasteiger partial charge in [-0.1, -0.05) is 18.8 Å². The number of amides is 1. The molecule has 4 heterocycles. The van der Waals surface area contributed by atoms with E-state index in [1.165, 1.54) is 32.0 Å². The molecule has 2 saturated heterocycles. The van der Waals surface area contributed by atoms with Crippen LogP contribution in [0, 0.1) is 30.6 Å². The van der Waals surface area contributed by atoms with Gasteiger partial charge in [-0.15, -0.1) is 6.42 Å². The van der Waals surface area contributed by atoms with Crippen LogP contribution in [0.3, 0.4) is 0 Å². The predicted octanol–water partition coefficient (Wildman–Crippen LogP) is 2.72. The number of nitrogens with one attached hydrogen (secondary N) is 1. The summed E-state index contributed by atoms with van der Waals surface area (Å²) in [4.78, 5) is 50.6. The summed E-state index contributed by atoms with van der Waals surface area (Å²) in [5.41, 5.74) is -0.458. The van der Waals surface area contributed by atoms with Crippen LogP contribution < -0.4 is 5.32 Å². The lowest BCUT2D eigenvalue weighted by molar-refractivity contribution is -0.165. The number of cyclic esters (lactones) is 1. The lowest BCUT2D eigenvalue weighted by Gasteiger charge is -2.37.